The maximum absolute atomic E-state index is 10.6. The second-order valence-electron chi connectivity index (χ2n) is 7.02. The number of nitrogens with zero attached hydrogens (tertiary/aromatic N) is 7. The Morgan fingerprint density at radius 1 is 0.971 bits per heavy atom. The molecule has 2 N–H and O–H groups in total. The summed E-state index contributed by atoms with van der Waals surface area (Å²) in [5.74, 6) is -4.68. The van der Waals surface area contributed by atoms with Crippen LogP contribution < -0.4 is 4.90 Å². The molecule has 0 spiro atoms. The van der Waals surface area contributed by atoms with Gasteiger partial charge < -0.3 is 15.1 Å². The first kappa shape index (κ1) is 29.5. The number of anilines is 1. The van der Waals surface area contributed by atoms with Crippen LogP contribution in [0.2, 0.25) is 0 Å². The Hall–Kier alpha value is -3.50. The number of hydrogen-bond donors (Lipinski definition) is 2. The molecule has 196 valence electrons. The maximum atomic E-state index is 10.6. The third-order valence-electron chi connectivity index (χ3n) is 4.32. The van der Waals surface area contributed by atoms with Crippen molar-refractivity contribution in [3.63, 3.8) is 0 Å². The molecule has 1 aliphatic heterocycles. The molecule has 35 heavy (non-hydrogen) atoms. The molecular formula is C18H23F6N7O4. The largest absolute Gasteiger partial charge is 0.490 e. The first-order valence-corrected chi connectivity index (χ1v) is 9.90. The van der Waals surface area contributed by atoms with E-state index in [1.165, 1.54) is 0 Å². The van der Waals surface area contributed by atoms with Crippen molar-refractivity contribution in [1.29, 1.82) is 0 Å². The van der Waals surface area contributed by atoms with Crippen molar-refractivity contribution in [3.8, 4) is 0 Å². The summed E-state index contributed by atoms with van der Waals surface area (Å²) in [4.78, 5) is 35.2. The van der Waals surface area contributed by atoms with Gasteiger partial charge in [0.1, 0.15) is 12.7 Å². The zero-order valence-electron chi connectivity index (χ0n) is 18.3. The van der Waals surface area contributed by atoms with Crippen LogP contribution >= 0.6 is 0 Å². The van der Waals surface area contributed by atoms with E-state index in [0.717, 1.165) is 45.1 Å². The molecule has 1 aliphatic rings. The Balaban J connectivity index is 0.000000362. The number of carboxylic acids is 2. The summed E-state index contributed by atoms with van der Waals surface area (Å²) in [7, 11) is 0. The number of carboxylic acid groups (broad SMARTS) is 2. The van der Waals surface area contributed by atoms with E-state index in [0.29, 0.717) is 6.04 Å². The molecule has 11 nitrogen and oxygen atoms in total. The lowest BCUT2D eigenvalue weighted by Crippen LogP contribution is -2.34. The second kappa shape index (κ2) is 13.4. The van der Waals surface area contributed by atoms with E-state index in [2.05, 4.69) is 36.8 Å². The average molecular weight is 515 g/mol. The van der Waals surface area contributed by atoms with Crippen LogP contribution in [-0.2, 0) is 9.59 Å². The van der Waals surface area contributed by atoms with Gasteiger partial charge in [0, 0.05) is 38.6 Å². The van der Waals surface area contributed by atoms with E-state index in [-0.39, 0.29) is 0 Å². The highest BCUT2D eigenvalue weighted by Gasteiger charge is 2.38. The van der Waals surface area contributed by atoms with Crippen molar-refractivity contribution in [2.24, 2.45) is 0 Å². The Kier molecular flexibility index (Phi) is 11.3. The van der Waals surface area contributed by atoms with E-state index < -0.39 is 24.3 Å². The van der Waals surface area contributed by atoms with Crippen molar-refractivity contribution < 1.29 is 46.1 Å². The molecule has 0 amide bonds. The first-order chi connectivity index (χ1) is 16.2. The summed E-state index contributed by atoms with van der Waals surface area (Å²) in [6.07, 6.45) is -2.06. The topological polar surface area (TPSA) is 138 Å². The van der Waals surface area contributed by atoms with Crippen molar-refractivity contribution in [2.45, 2.75) is 31.7 Å². The zero-order valence-corrected chi connectivity index (χ0v) is 18.3. The first-order valence-electron chi connectivity index (χ1n) is 9.90. The molecule has 3 heterocycles. The lowest BCUT2D eigenvalue weighted by Gasteiger charge is -2.24. The molecule has 0 radical (unpaired) electrons. The summed E-state index contributed by atoms with van der Waals surface area (Å²) in [6, 6.07) is 2.19. The molecule has 1 atom stereocenters. The lowest BCUT2D eigenvalue weighted by atomic mass is 10.3. The highest BCUT2D eigenvalue weighted by atomic mass is 19.4. The van der Waals surface area contributed by atoms with Crippen molar-refractivity contribution in [3.05, 3.63) is 31.1 Å². The predicted octanol–water partition coefficient (Wildman–Crippen LogP) is 2.11. The third kappa shape index (κ3) is 11.5. The molecule has 17 heteroatoms. The Morgan fingerprint density at radius 3 is 1.97 bits per heavy atom. The van der Waals surface area contributed by atoms with Gasteiger partial charge in [-0.25, -0.2) is 29.2 Å². The maximum Gasteiger partial charge on any atom is 0.490 e. The Morgan fingerprint density at radius 2 is 1.51 bits per heavy atom. The molecule has 0 aromatic carbocycles. The standard InChI is InChI=1S/C14H21N7.2C2HF3O2/c1-13(21-12-15-11-18-21)10-19-6-3-7-20(9-8-19)14-16-4-2-5-17-14;2*3-2(4,5)1(6)7/h2,4-5,11-13H,3,6-10H2,1H3;2*(H,6,7). The van der Waals surface area contributed by atoms with Crippen molar-refractivity contribution >= 4 is 17.9 Å². The predicted molar refractivity (Wildman–Crippen MR) is 107 cm³/mol. The smallest absolute Gasteiger partial charge is 0.475 e. The molecule has 0 saturated carbocycles. The van der Waals surface area contributed by atoms with Crippen LogP contribution in [-0.4, -0.2) is 96.9 Å². The fourth-order valence-corrected chi connectivity index (χ4v) is 2.71. The van der Waals surface area contributed by atoms with Gasteiger partial charge >= 0.3 is 24.3 Å². The van der Waals surface area contributed by atoms with E-state index in [9.17, 15) is 26.3 Å². The fraction of sp³-hybridized carbons (Fsp3) is 0.556. The summed E-state index contributed by atoms with van der Waals surface area (Å²) in [6.45, 7) is 7.27. The highest BCUT2D eigenvalue weighted by molar-refractivity contribution is 5.73. The van der Waals surface area contributed by atoms with Crippen LogP contribution in [0.4, 0.5) is 32.3 Å². The van der Waals surface area contributed by atoms with Gasteiger partial charge in [-0.05, 0) is 26.0 Å². The lowest BCUT2D eigenvalue weighted by molar-refractivity contribution is -0.193. The van der Waals surface area contributed by atoms with Crippen molar-refractivity contribution in [2.75, 3.05) is 37.6 Å². The van der Waals surface area contributed by atoms with E-state index in [4.69, 9.17) is 19.8 Å². The SMILES string of the molecule is CC(CN1CCCN(c2ncccn2)CC1)n1cncn1.O=C(O)C(F)(F)F.O=C(O)C(F)(F)F. The van der Waals surface area contributed by atoms with E-state index in [1.54, 1.807) is 25.0 Å². The molecule has 2 aromatic rings. The number of carbonyl (C=O) groups is 2. The number of halogens is 6. The molecule has 0 bridgehead atoms. The van der Waals surface area contributed by atoms with Gasteiger partial charge in [0.05, 0.1) is 6.04 Å². The van der Waals surface area contributed by atoms with E-state index in [1.807, 2.05) is 10.7 Å². The van der Waals surface area contributed by atoms with Gasteiger partial charge in [-0.15, -0.1) is 0 Å². The summed E-state index contributed by atoms with van der Waals surface area (Å²) >= 11 is 0. The molecular weight excluding hydrogens is 492 g/mol. The number of alkyl halides is 6. The van der Waals surface area contributed by atoms with Gasteiger partial charge in [-0.1, -0.05) is 0 Å². The normalized spacial score (nSPS) is 15.6. The Bertz CT molecular complexity index is 873. The van der Waals surface area contributed by atoms with Crippen molar-refractivity contribution in [1.82, 2.24) is 29.6 Å². The van der Waals surface area contributed by atoms with Crippen LogP contribution in [0.3, 0.4) is 0 Å². The molecule has 0 aliphatic carbocycles. The number of rotatable bonds is 4. The molecule has 1 unspecified atom stereocenters. The Labute approximate surface area is 195 Å². The molecule has 2 aromatic heterocycles. The van der Waals surface area contributed by atoms with Gasteiger partial charge in [-0.2, -0.15) is 31.4 Å². The third-order valence-corrected chi connectivity index (χ3v) is 4.32. The average Bonchev–Trinajstić information content (AvgIpc) is 3.21. The second-order valence-corrected chi connectivity index (χ2v) is 7.02. The zero-order chi connectivity index (χ0) is 26.6. The highest BCUT2D eigenvalue weighted by Crippen LogP contribution is 2.14. The number of hydrogen-bond acceptors (Lipinski definition) is 8. The fourth-order valence-electron chi connectivity index (χ4n) is 2.71. The molecule has 3 rings (SSSR count). The molecule has 1 saturated heterocycles. The summed E-state index contributed by atoms with van der Waals surface area (Å²) in [5.41, 5.74) is 0. The van der Waals surface area contributed by atoms with Crippen LogP contribution in [0.25, 0.3) is 0 Å². The van der Waals surface area contributed by atoms with Crippen LogP contribution in [0, 0.1) is 0 Å². The van der Waals surface area contributed by atoms with Gasteiger partial charge in [-0.3, -0.25) is 4.90 Å². The summed E-state index contributed by atoms with van der Waals surface area (Å²) < 4.78 is 65.4. The number of aliphatic carboxylic acids is 2. The minimum absolute atomic E-state index is 0.340. The van der Waals surface area contributed by atoms with Crippen LogP contribution in [0.1, 0.15) is 19.4 Å². The minimum atomic E-state index is -5.08. The van der Waals surface area contributed by atoms with Gasteiger partial charge in [0.2, 0.25) is 5.95 Å². The van der Waals surface area contributed by atoms with Gasteiger partial charge in [0.25, 0.3) is 0 Å². The van der Waals surface area contributed by atoms with E-state index >= 15 is 0 Å². The molecule has 1 fully saturated rings. The van der Waals surface area contributed by atoms with Crippen LogP contribution in [0.15, 0.2) is 31.1 Å². The quantitative estimate of drug-likeness (QED) is 0.583. The van der Waals surface area contributed by atoms with Crippen LogP contribution in [0.5, 0.6) is 0 Å². The minimum Gasteiger partial charge on any atom is -0.475 e. The summed E-state index contributed by atoms with van der Waals surface area (Å²) in [5, 5.41) is 18.5. The monoisotopic (exact) mass is 515 g/mol. The van der Waals surface area contributed by atoms with Gasteiger partial charge in [0.15, 0.2) is 0 Å². The number of aromatic nitrogens is 5.